The van der Waals surface area contributed by atoms with Crippen LogP contribution >= 0.6 is 0 Å². The molecule has 1 aliphatic heterocycles. The molecule has 0 aromatic heterocycles. The van der Waals surface area contributed by atoms with Gasteiger partial charge in [0.05, 0.1) is 11.5 Å². The fraction of sp³-hybridized carbons (Fsp3) is 0.538. The van der Waals surface area contributed by atoms with Crippen LogP contribution in [0.25, 0.3) is 0 Å². The van der Waals surface area contributed by atoms with Crippen molar-refractivity contribution in [3.63, 3.8) is 0 Å². The predicted molar refractivity (Wildman–Crippen MR) is 70.0 cm³/mol. The highest BCUT2D eigenvalue weighted by Gasteiger charge is 2.20. The fourth-order valence-electron chi connectivity index (χ4n) is 2.02. The van der Waals surface area contributed by atoms with Crippen LogP contribution in [0.5, 0.6) is 0 Å². The van der Waals surface area contributed by atoms with E-state index in [9.17, 15) is 8.42 Å². The average molecular weight is 253 g/mol. The van der Waals surface area contributed by atoms with Gasteiger partial charge in [-0.1, -0.05) is 29.8 Å². The number of rotatable bonds is 3. The molecule has 0 saturated carbocycles. The second-order valence-corrected chi connectivity index (χ2v) is 7.03. The lowest BCUT2D eigenvalue weighted by atomic mass is 10.1. The van der Waals surface area contributed by atoms with Gasteiger partial charge in [-0.05, 0) is 18.9 Å². The van der Waals surface area contributed by atoms with Gasteiger partial charge in [0, 0.05) is 19.6 Å². The van der Waals surface area contributed by atoms with E-state index >= 15 is 0 Å². The molecule has 0 atom stereocenters. The Bertz CT molecular complexity index is 451. The van der Waals surface area contributed by atoms with E-state index in [0.29, 0.717) is 24.6 Å². The first-order valence-electron chi connectivity index (χ1n) is 6.03. The fourth-order valence-corrected chi connectivity index (χ4v) is 3.29. The van der Waals surface area contributed by atoms with Gasteiger partial charge in [0.15, 0.2) is 9.84 Å². The van der Waals surface area contributed by atoms with Gasteiger partial charge < -0.3 is 4.90 Å². The zero-order chi connectivity index (χ0) is 12.3. The van der Waals surface area contributed by atoms with Crippen LogP contribution in [0.4, 0.5) is 0 Å². The molecule has 4 heteroatoms. The summed E-state index contributed by atoms with van der Waals surface area (Å²) in [6, 6.07) is 8.54. The highest BCUT2D eigenvalue weighted by atomic mass is 32.2. The van der Waals surface area contributed by atoms with Gasteiger partial charge in [-0.3, -0.25) is 0 Å². The summed E-state index contributed by atoms with van der Waals surface area (Å²) in [5.74, 6) is 0.641. The average Bonchev–Trinajstić information content (AvgIpc) is 2.30. The first kappa shape index (κ1) is 12.6. The Morgan fingerprint density at radius 1 is 1.12 bits per heavy atom. The highest BCUT2D eigenvalue weighted by molar-refractivity contribution is 7.91. The molecular formula is C13H19NO2S. The summed E-state index contributed by atoms with van der Waals surface area (Å²) in [5.41, 5.74) is 2.60. The summed E-state index contributed by atoms with van der Waals surface area (Å²) in [6.07, 6.45) is 1.00. The Morgan fingerprint density at radius 2 is 1.71 bits per heavy atom. The normalized spacial score (nSPS) is 20.3. The summed E-state index contributed by atoms with van der Waals surface area (Å²) >= 11 is 0. The summed E-state index contributed by atoms with van der Waals surface area (Å²) in [4.78, 5) is 2.24. The first-order valence-corrected chi connectivity index (χ1v) is 7.86. The molecule has 94 valence electrons. The van der Waals surface area contributed by atoms with Gasteiger partial charge in [-0.15, -0.1) is 0 Å². The summed E-state index contributed by atoms with van der Waals surface area (Å²) < 4.78 is 22.6. The topological polar surface area (TPSA) is 37.4 Å². The molecule has 1 aliphatic rings. The van der Waals surface area contributed by atoms with E-state index < -0.39 is 9.84 Å². The van der Waals surface area contributed by atoms with Crippen LogP contribution in [0, 0.1) is 6.92 Å². The van der Waals surface area contributed by atoms with Crippen molar-refractivity contribution in [1.82, 2.24) is 4.90 Å². The molecule has 0 unspecified atom stereocenters. The Hall–Kier alpha value is -0.870. The second-order valence-electron chi connectivity index (χ2n) is 4.73. The monoisotopic (exact) mass is 253 g/mol. The molecular weight excluding hydrogens is 234 g/mol. The van der Waals surface area contributed by atoms with Crippen molar-refractivity contribution in [2.24, 2.45) is 0 Å². The van der Waals surface area contributed by atoms with Crippen molar-refractivity contribution in [1.29, 1.82) is 0 Å². The molecule has 1 aromatic carbocycles. The number of aryl methyl sites for hydroxylation is 1. The van der Waals surface area contributed by atoms with Crippen molar-refractivity contribution in [2.75, 3.05) is 31.1 Å². The largest absolute Gasteiger partial charge is 0.301 e. The molecule has 17 heavy (non-hydrogen) atoms. The van der Waals surface area contributed by atoms with E-state index in [-0.39, 0.29) is 0 Å². The molecule has 1 fully saturated rings. The van der Waals surface area contributed by atoms with Crippen molar-refractivity contribution >= 4 is 9.84 Å². The minimum atomic E-state index is -2.75. The third kappa shape index (κ3) is 3.82. The summed E-state index contributed by atoms with van der Waals surface area (Å²) in [6.45, 7) is 4.42. The number of hydrogen-bond acceptors (Lipinski definition) is 3. The Balaban J connectivity index is 1.81. The van der Waals surface area contributed by atoms with Gasteiger partial charge in [-0.25, -0.2) is 8.42 Å². The molecule has 0 N–H and O–H groups in total. The minimum absolute atomic E-state index is 0.320. The first-order chi connectivity index (χ1) is 8.05. The van der Waals surface area contributed by atoms with Gasteiger partial charge in [0.25, 0.3) is 0 Å². The molecule has 0 bridgehead atoms. The van der Waals surface area contributed by atoms with Gasteiger partial charge in [0.1, 0.15) is 0 Å². The van der Waals surface area contributed by atoms with Crippen LogP contribution in [-0.2, 0) is 16.3 Å². The smallest absolute Gasteiger partial charge is 0.152 e. The molecule has 3 nitrogen and oxygen atoms in total. The van der Waals surface area contributed by atoms with E-state index in [0.717, 1.165) is 13.0 Å². The minimum Gasteiger partial charge on any atom is -0.301 e. The molecule has 0 amide bonds. The van der Waals surface area contributed by atoms with E-state index in [1.807, 2.05) is 0 Å². The third-order valence-corrected chi connectivity index (χ3v) is 4.88. The molecule has 0 spiro atoms. The number of nitrogens with zero attached hydrogens (tertiary/aromatic N) is 1. The van der Waals surface area contributed by atoms with Crippen molar-refractivity contribution < 1.29 is 8.42 Å². The Kier molecular flexibility index (Phi) is 3.84. The molecule has 1 aromatic rings. The Labute approximate surface area is 103 Å². The predicted octanol–water partition coefficient (Wildman–Crippen LogP) is 1.27. The lowest BCUT2D eigenvalue weighted by molar-refractivity contribution is 0.299. The summed E-state index contributed by atoms with van der Waals surface area (Å²) in [5, 5.41) is 0. The molecule has 0 radical (unpaired) electrons. The lowest BCUT2D eigenvalue weighted by Crippen LogP contribution is -2.41. The zero-order valence-electron chi connectivity index (χ0n) is 10.2. The van der Waals surface area contributed by atoms with Crippen molar-refractivity contribution in [3.8, 4) is 0 Å². The van der Waals surface area contributed by atoms with Crippen LogP contribution in [0.3, 0.4) is 0 Å². The van der Waals surface area contributed by atoms with Crippen LogP contribution in [0.1, 0.15) is 11.1 Å². The molecule has 1 saturated heterocycles. The van der Waals surface area contributed by atoms with Crippen LogP contribution in [0.2, 0.25) is 0 Å². The summed E-state index contributed by atoms with van der Waals surface area (Å²) in [7, 11) is -2.75. The number of benzene rings is 1. The maximum absolute atomic E-state index is 11.3. The van der Waals surface area contributed by atoms with E-state index in [1.165, 1.54) is 11.1 Å². The van der Waals surface area contributed by atoms with Crippen LogP contribution < -0.4 is 0 Å². The number of hydrogen-bond donors (Lipinski definition) is 0. The van der Waals surface area contributed by atoms with Gasteiger partial charge in [0.2, 0.25) is 0 Å². The zero-order valence-corrected chi connectivity index (χ0v) is 11.0. The molecule has 0 aliphatic carbocycles. The van der Waals surface area contributed by atoms with Gasteiger partial charge >= 0.3 is 0 Å². The van der Waals surface area contributed by atoms with Crippen LogP contribution in [0.15, 0.2) is 24.3 Å². The van der Waals surface area contributed by atoms with E-state index in [1.54, 1.807) is 0 Å². The van der Waals surface area contributed by atoms with Gasteiger partial charge in [-0.2, -0.15) is 0 Å². The number of sulfone groups is 1. The van der Waals surface area contributed by atoms with E-state index in [4.69, 9.17) is 0 Å². The van der Waals surface area contributed by atoms with Crippen molar-refractivity contribution in [2.45, 2.75) is 13.3 Å². The second kappa shape index (κ2) is 5.19. The third-order valence-electron chi connectivity index (χ3n) is 3.27. The van der Waals surface area contributed by atoms with Crippen molar-refractivity contribution in [3.05, 3.63) is 35.4 Å². The highest BCUT2D eigenvalue weighted by Crippen LogP contribution is 2.07. The molecule has 2 rings (SSSR count). The Morgan fingerprint density at radius 3 is 2.29 bits per heavy atom. The lowest BCUT2D eigenvalue weighted by Gasteiger charge is -2.26. The maximum atomic E-state index is 11.3. The quantitative estimate of drug-likeness (QED) is 0.814. The van der Waals surface area contributed by atoms with E-state index in [2.05, 4.69) is 36.1 Å². The SMILES string of the molecule is Cc1ccc(CCN2CCS(=O)(=O)CC2)cc1. The maximum Gasteiger partial charge on any atom is 0.152 e. The molecule has 1 heterocycles. The standard InChI is InChI=1S/C13H19NO2S/c1-12-2-4-13(5-3-12)6-7-14-8-10-17(15,16)11-9-14/h2-5H,6-11H2,1H3. The van der Waals surface area contributed by atoms with Crippen LogP contribution in [-0.4, -0.2) is 44.5 Å².